The van der Waals surface area contributed by atoms with Crippen molar-refractivity contribution in [3.8, 4) is 5.75 Å². The number of hydrogen-bond donors (Lipinski definition) is 0. The molecule has 0 amide bonds. The summed E-state index contributed by atoms with van der Waals surface area (Å²) < 4.78 is 34.3. The Morgan fingerprint density at radius 3 is 2.62 bits per heavy atom. The Labute approximate surface area is 155 Å². The minimum absolute atomic E-state index is 0.258. The molecule has 3 heterocycles. The monoisotopic (exact) mass is 393 g/mol. The maximum Gasteiger partial charge on any atom is 0.243 e. The number of nitrogens with zero attached hydrogens (tertiary/aromatic N) is 5. The minimum atomic E-state index is -3.48. The lowest BCUT2D eigenvalue weighted by Crippen LogP contribution is -2.37. The fourth-order valence-corrected chi connectivity index (χ4v) is 5.56. The number of ether oxygens (including phenoxy) is 1. The van der Waals surface area contributed by atoms with Gasteiger partial charge in [0.2, 0.25) is 15.0 Å². The maximum absolute atomic E-state index is 12.8. The van der Waals surface area contributed by atoms with E-state index in [1.165, 1.54) is 11.3 Å². The predicted octanol–water partition coefficient (Wildman–Crippen LogP) is 2.15. The molecule has 1 fully saturated rings. The van der Waals surface area contributed by atoms with E-state index >= 15 is 0 Å². The Kier molecular flexibility index (Phi) is 4.63. The smallest absolute Gasteiger partial charge is 0.243 e. The molecule has 0 N–H and O–H groups in total. The van der Waals surface area contributed by atoms with Gasteiger partial charge in [-0.3, -0.25) is 0 Å². The molecule has 0 bridgehead atoms. The molecule has 1 saturated heterocycles. The SMILES string of the molecule is CCOc1ccc(S(=O)(=O)N2CCC(c3nn4cnnc4s3)CC2)cc1. The van der Waals surface area contributed by atoms with Crippen LogP contribution < -0.4 is 4.74 Å². The second-order valence-electron chi connectivity index (χ2n) is 6.08. The Balaban J connectivity index is 1.45. The first-order valence-electron chi connectivity index (χ1n) is 8.47. The van der Waals surface area contributed by atoms with Crippen molar-refractivity contribution >= 4 is 26.3 Å². The molecule has 3 aromatic rings. The number of benzene rings is 1. The highest BCUT2D eigenvalue weighted by Crippen LogP contribution is 2.33. The first-order chi connectivity index (χ1) is 12.6. The molecule has 26 heavy (non-hydrogen) atoms. The fourth-order valence-electron chi connectivity index (χ4n) is 3.11. The maximum atomic E-state index is 12.8. The molecule has 0 radical (unpaired) electrons. The van der Waals surface area contributed by atoms with Crippen molar-refractivity contribution in [2.24, 2.45) is 0 Å². The highest BCUT2D eigenvalue weighted by molar-refractivity contribution is 7.89. The summed E-state index contributed by atoms with van der Waals surface area (Å²) in [5.41, 5.74) is 0. The van der Waals surface area contributed by atoms with Gasteiger partial charge >= 0.3 is 0 Å². The first kappa shape index (κ1) is 17.4. The Bertz CT molecular complexity index is 960. The van der Waals surface area contributed by atoms with Gasteiger partial charge in [0.15, 0.2) is 0 Å². The molecule has 1 aliphatic heterocycles. The van der Waals surface area contributed by atoms with Crippen molar-refractivity contribution in [2.75, 3.05) is 19.7 Å². The van der Waals surface area contributed by atoms with Crippen LogP contribution in [-0.2, 0) is 10.0 Å². The molecule has 0 atom stereocenters. The highest BCUT2D eigenvalue weighted by Gasteiger charge is 2.31. The van der Waals surface area contributed by atoms with Crippen LogP contribution in [0.1, 0.15) is 30.7 Å². The largest absolute Gasteiger partial charge is 0.494 e. The van der Waals surface area contributed by atoms with Crippen molar-refractivity contribution in [1.82, 2.24) is 24.1 Å². The van der Waals surface area contributed by atoms with Gasteiger partial charge in [0.1, 0.15) is 17.1 Å². The van der Waals surface area contributed by atoms with Crippen LogP contribution in [0.15, 0.2) is 35.5 Å². The average Bonchev–Trinajstić information content (AvgIpc) is 3.25. The Morgan fingerprint density at radius 1 is 1.23 bits per heavy atom. The molecule has 0 saturated carbocycles. The summed E-state index contributed by atoms with van der Waals surface area (Å²) in [7, 11) is -3.48. The van der Waals surface area contributed by atoms with E-state index in [-0.39, 0.29) is 5.92 Å². The molecule has 2 aromatic heterocycles. The molecule has 8 nitrogen and oxygen atoms in total. The molecule has 1 aliphatic rings. The number of hydrogen-bond acceptors (Lipinski definition) is 7. The molecule has 0 unspecified atom stereocenters. The van der Waals surface area contributed by atoms with Gasteiger partial charge < -0.3 is 4.74 Å². The number of fused-ring (bicyclic) bond motifs is 1. The van der Waals surface area contributed by atoms with E-state index in [9.17, 15) is 8.42 Å². The summed E-state index contributed by atoms with van der Waals surface area (Å²) in [5.74, 6) is 0.932. The molecule has 138 valence electrons. The van der Waals surface area contributed by atoms with Gasteiger partial charge in [0.25, 0.3) is 0 Å². The van der Waals surface area contributed by atoms with Crippen molar-refractivity contribution < 1.29 is 13.2 Å². The van der Waals surface area contributed by atoms with E-state index in [0.717, 1.165) is 22.8 Å². The fraction of sp³-hybridized carbons (Fsp3) is 0.438. The third-order valence-corrected chi connectivity index (χ3v) is 7.47. The summed E-state index contributed by atoms with van der Waals surface area (Å²) in [6, 6.07) is 6.61. The lowest BCUT2D eigenvalue weighted by atomic mass is 9.99. The third kappa shape index (κ3) is 3.19. The normalized spacial score (nSPS) is 17.0. The molecule has 10 heteroatoms. The lowest BCUT2D eigenvalue weighted by molar-refractivity contribution is 0.318. The molecule has 0 spiro atoms. The van der Waals surface area contributed by atoms with Crippen molar-refractivity contribution in [3.63, 3.8) is 0 Å². The van der Waals surface area contributed by atoms with Gasteiger partial charge in [0.05, 0.1) is 11.5 Å². The van der Waals surface area contributed by atoms with Crippen molar-refractivity contribution in [1.29, 1.82) is 0 Å². The zero-order valence-corrected chi connectivity index (χ0v) is 15.9. The zero-order chi connectivity index (χ0) is 18.1. The second-order valence-corrected chi connectivity index (χ2v) is 9.01. The van der Waals surface area contributed by atoms with Crippen molar-refractivity contribution in [3.05, 3.63) is 35.6 Å². The molecule has 0 aliphatic carbocycles. The predicted molar refractivity (Wildman–Crippen MR) is 97.0 cm³/mol. The number of rotatable bonds is 5. The highest BCUT2D eigenvalue weighted by atomic mass is 32.2. The van der Waals surface area contributed by atoms with Gasteiger partial charge in [-0.15, -0.1) is 10.2 Å². The van der Waals surface area contributed by atoms with E-state index in [2.05, 4.69) is 15.3 Å². The van der Waals surface area contributed by atoms with Gasteiger partial charge in [-0.05, 0) is 44.0 Å². The lowest BCUT2D eigenvalue weighted by Gasteiger charge is -2.30. The Morgan fingerprint density at radius 2 is 1.96 bits per heavy atom. The van der Waals surface area contributed by atoms with Gasteiger partial charge in [-0.2, -0.15) is 13.9 Å². The van der Waals surface area contributed by atoms with Gasteiger partial charge in [-0.25, -0.2) is 8.42 Å². The summed E-state index contributed by atoms with van der Waals surface area (Å²) >= 11 is 1.52. The zero-order valence-electron chi connectivity index (χ0n) is 14.3. The summed E-state index contributed by atoms with van der Waals surface area (Å²) in [5, 5.41) is 13.3. The van der Waals surface area contributed by atoms with Gasteiger partial charge in [0, 0.05) is 19.0 Å². The van der Waals surface area contributed by atoms with E-state index in [4.69, 9.17) is 4.74 Å². The van der Waals surface area contributed by atoms with Crippen molar-refractivity contribution in [2.45, 2.75) is 30.6 Å². The second kappa shape index (κ2) is 6.93. The van der Waals surface area contributed by atoms with Crippen LogP contribution >= 0.6 is 11.3 Å². The van der Waals surface area contributed by atoms with E-state index in [1.54, 1.807) is 39.4 Å². The van der Waals surface area contributed by atoms with E-state index < -0.39 is 10.0 Å². The van der Waals surface area contributed by atoms with Crippen LogP contribution in [0.4, 0.5) is 0 Å². The summed E-state index contributed by atoms with van der Waals surface area (Å²) in [4.78, 5) is 1.07. The standard InChI is InChI=1S/C16H19N5O3S2/c1-2-24-13-3-5-14(6-4-13)26(22,23)20-9-7-12(8-10-20)15-19-21-11-17-18-16(21)25-15/h3-6,11-12H,2,7-10H2,1H3. The molecular weight excluding hydrogens is 374 g/mol. The summed E-state index contributed by atoms with van der Waals surface area (Å²) in [6.45, 7) is 3.42. The molecule has 4 rings (SSSR count). The number of piperidine rings is 1. The average molecular weight is 393 g/mol. The van der Waals surface area contributed by atoms with Crippen LogP contribution in [0.2, 0.25) is 0 Å². The number of aromatic nitrogens is 4. The quantitative estimate of drug-likeness (QED) is 0.660. The minimum Gasteiger partial charge on any atom is -0.494 e. The van der Waals surface area contributed by atoms with Crippen LogP contribution in [0, 0.1) is 0 Å². The Hall–Kier alpha value is -2.04. The molecule has 1 aromatic carbocycles. The first-order valence-corrected chi connectivity index (χ1v) is 10.7. The van der Waals surface area contributed by atoms with Crippen LogP contribution in [0.3, 0.4) is 0 Å². The van der Waals surface area contributed by atoms with Crippen LogP contribution in [-0.4, -0.2) is 52.2 Å². The third-order valence-electron chi connectivity index (χ3n) is 4.48. The number of sulfonamides is 1. The van der Waals surface area contributed by atoms with E-state index in [0.29, 0.717) is 30.3 Å². The summed E-state index contributed by atoms with van der Waals surface area (Å²) in [6.07, 6.45) is 3.08. The van der Waals surface area contributed by atoms with E-state index in [1.807, 2.05) is 6.92 Å². The van der Waals surface area contributed by atoms with Crippen LogP contribution in [0.5, 0.6) is 5.75 Å². The van der Waals surface area contributed by atoms with Gasteiger partial charge in [-0.1, -0.05) is 11.3 Å². The molecular formula is C16H19N5O3S2. The van der Waals surface area contributed by atoms with Crippen LogP contribution in [0.25, 0.3) is 4.96 Å². The topological polar surface area (TPSA) is 89.7 Å².